The second kappa shape index (κ2) is 8.48. The SMILES string of the molecule is CC(C)(Oc1ccc(Cl)cc1)C(=O)N1CCC(C(=O)N2CCOCC2)CC1. The monoisotopic (exact) mass is 394 g/mol. The first-order valence-corrected chi connectivity index (χ1v) is 9.85. The van der Waals surface area contributed by atoms with E-state index < -0.39 is 5.60 Å². The first-order valence-electron chi connectivity index (χ1n) is 9.47. The molecule has 2 aliphatic rings. The highest BCUT2D eigenvalue weighted by Crippen LogP contribution is 2.26. The Balaban J connectivity index is 1.53. The van der Waals surface area contributed by atoms with Crippen LogP contribution in [0.1, 0.15) is 26.7 Å². The van der Waals surface area contributed by atoms with E-state index in [1.807, 2.05) is 4.90 Å². The molecule has 2 heterocycles. The third kappa shape index (κ3) is 4.93. The summed E-state index contributed by atoms with van der Waals surface area (Å²) in [6, 6.07) is 6.98. The molecule has 27 heavy (non-hydrogen) atoms. The molecule has 2 aliphatic heterocycles. The number of ether oxygens (including phenoxy) is 2. The molecule has 2 amide bonds. The van der Waals surface area contributed by atoms with Crippen LogP contribution in [-0.2, 0) is 14.3 Å². The van der Waals surface area contributed by atoms with Crippen LogP contribution in [-0.4, -0.2) is 66.6 Å². The molecule has 0 N–H and O–H groups in total. The Morgan fingerprint density at radius 2 is 1.63 bits per heavy atom. The quantitative estimate of drug-likeness (QED) is 0.787. The normalized spacial score (nSPS) is 19.1. The van der Waals surface area contributed by atoms with Crippen molar-refractivity contribution in [3.05, 3.63) is 29.3 Å². The minimum Gasteiger partial charge on any atom is -0.478 e. The van der Waals surface area contributed by atoms with Crippen molar-refractivity contribution in [2.45, 2.75) is 32.3 Å². The van der Waals surface area contributed by atoms with Gasteiger partial charge in [0.15, 0.2) is 5.60 Å². The molecule has 0 saturated carbocycles. The molecule has 0 spiro atoms. The number of carbonyl (C=O) groups is 2. The van der Waals surface area contributed by atoms with Gasteiger partial charge in [0.2, 0.25) is 5.91 Å². The number of amides is 2. The Kier molecular flexibility index (Phi) is 6.27. The van der Waals surface area contributed by atoms with Crippen LogP contribution in [0.4, 0.5) is 0 Å². The summed E-state index contributed by atoms with van der Waals surface area (Å²) in [5.41, 5.74) is -0.977. The fraction of sp³-hybridized carbons (Fsp3) is 0.600. The Hall–Kier alpha value is -1.79. The average Bonchev–Trinajstić information content (AvgIpc) is 2.69. The lowest BCUT2D eigenvalue weighted by Gasteiger charge is -2.38. The summed E-state index contributed by atoms with van der Waals surface area (Å²) in [5.74, 6) is 0.736. The first-order chi connectivity index (χ1) is 12.9. The van der Waals surface area contributed by atoms with Crippen molar-refractivity contribution in [3.63, 3.8) is 0 Å². The van der Waals surface area contributed by atoms with Crippen LogP contribution in [0, 0.1) is 5.92 Å². The fourth-order valence-corrected chi connectivity index (χ4v) is 3.72. The largest absolute Gasteiger partial charge is 0.478 e. The summed E-state index contributed by atoms with van der Waals surface area (Å²) in [7, 11) is 0. The maximum Gasteiger partial charge on any atom is 0.266 e. The van der Waals surface area contributed by atoms with Crippen molar-refractivity contribution in [1.29, 1.82) is 0 Å². The van der Waals surface area contributed by atoms with E-state index in [1.165, 1.54) is 0 Å². The van der Waals surface area contributed by atoms with Crippen molar-refractivity contribution in [2.75, 3.05) is 39.4 Å². The van der Waals surface area contributed by atoms with Gasteiger partial charge < -0.3 is 19.3 Å². The number of benzene rings is 1. The molecule has 148 valence electrons. The molecule has 0 atom stereocenters. The minimum absolute atomic E-state index is 0.00699. The molecular formula is C20H27ClN2O4. The maximum atomic E-state index is 12.9. The van der Waals surface area contributed by atoms with Crippen LogP contribution < -0.4 is 4.74 Å². The zero-order chi connectivity index (χ0) is 19.4. The third-order valence-electron chi connectivity index (χ3n) is 5.16. The van der Waals surface area contributed by atoms with E-state index in [-0.39, 0.29) is 17.7 Å². The van der Waals surface area contributed by atoms with E-state index in [0.717, 1.165) is 0 Å². The number of halogens is 1. The first kappa shape index (κ1) is 20.0. The van der Waals surface area contributed by atoms with E-state index in [0.29, 0.717) is 63.0 Å². The van der Waals surface area contributed by atoms with Crippen molar-refractivity contribution < 1.29 is 19.1 Å². The Morgan fingerprint density at radius 1 is 1.04 bits per heavy atom. The molecule has 0 unspecified atom stereocenters. The molecule has 0 aliphatic carbocycles. The number of piperidine rings is 1. The minimum atomic E-state index is -0.977. The smallest absolute Gasteiger partial charge is 0.266 e. The van der Waals surface area contributed by atoms with Gasteiger partial charge in [-0.2, -0.15) is 0 Å². The van der Waals surface area contributed by atoms with E-state index in [2.05, 4.69) is 0 Å². The van der Waals surface area contributed by atoms with Crippen molar-refractivity contribution in [1.82, 2.24) is 9.80 Å². The summed E-state index contributed by atoms with van der Waals surface area (Å²) in [4.78, 5) is 29.3. The summed E-state index contributed by atoms with van der Waals surface area (Å²) >= 11 is 5.89. The lowest BCUT2D eigenvalue weighted by atomic mass is 9.93. The number of rotatable bonds is 4. The molecular weight excluding hydrogens is 368 g/mol. The van der Waals surface area contributed by atoms with Gasteiger partial charge >= 0.3 is 0 Å². The standard InChI is InChI=1S/C20H27ClN2O4/c1-20(2,27-17-5-3-16(21)4-6-17)19(25)23-9-7-15(8-10-23)18(24)22-11-13-26-14-12-22/h3-6,15H,7-14H2,1-2H3. The van der Waals surface area contributed by atoms with Crippen molar-refractivity contribution in [2.24, 2.45) is 5.92 Å². The summed E-state index contributed by atoms with van der Waals surface area (Å²) < 4.78 is 11.2. The van der Waals surface area contributed by atoms with Gasteiger partial charge in [-0.1, -0.05) is 11.6 Å². The second-order valence-corrected chi connectivity index (χ2v) is 8.01. The van der Waals surface area contributed by atoms with Gasteiger partial charge in [0.1, 0.15) is 5.75 Å². The van der Waals surface area contributed by atoms with Crippen molar-refractivity contribution >= 4 is 23.4 Å². The van der Waals surface area contributed by atoms with Gasteiger partial charge in [-0.05, 0) is 51.0 Å². The molecule has 2 fully saturated rings. The van der Waals surface area contributed by atoms with Crippen LogP contribution in [0.5, 0.6) is 5.75 Å². The molecule has 0 bridgehead atoms. The van der Waals surface area contributed by atoms with E-state index >= 15 is 0 Å². The number of likely N-dealkylation sites (tertiary alicyclic amines) is 1. The van der Waals surface area contributed by atoms with E-state index in [1.54, 1.807) is 43.0 Å². The summed E-state index contributed by atoms with van der Waals surface area (Å²) in [6.07, 6.45) is 1.39. The molecule has 3 rings (SSSR count). The van der Waals surface area contributed by atoms with Crippen LogP contribution in [0.3, 0.4) is 0 Å². The van der Waals surface area contributed by atoms with Crippen LogP contribution in [0.2, 0.25) is 5.02 Å². The third-order valence-corrected chi connectivity index (χ3v) is 5.41. The lowest BCUT2D eigenvalue weighted by Crippen LogP contribution is -2.53. The molecule has 1 aromatic rings. The van der Waals surface area contributed by atoms with Gasteiger partial charge in [0.05, 0.1) is 13.2 Å². The Bertz CT molecular complexity index is 663. The zero-order valence-electron chi connectivity index (χ0n) is 15.9. The predicted molar refractivity (Wildman–Crippen MR) is 103 cm³/mol. The predicted octanol–water partition coefficient (Wildman–Crippen LogP) is 2.59. The molecule has 7 heteroatoms. The molecule has 2 saturated heterocycles. The maximum absolute atomic E-state index is 12.9. The van der Waals surface area contributed by atoms with Crippen LogP contribution in [0.25, 0.3) is 0 Å². The fourth-order valence-electron chi connectivity index (χ4n) is 3.59. The highest BCUT2D eigenvalue weighted by Gasteiger charge is 2.37. The van der Waals surface area contributed by atoms with Gasteiger partial charge in [-0.25, -0.2) is 0 Å². The zero-order valence-corrected chi connectivity index (χ0v) is 16.7. The van der Waals surface area contributed by atoms with Gasteiger partial charge in [0, 0.05) is 37.1 Å². The molecule has 0 radical (unpaired) electrons. The number of hydrogen-bond donors (Lipinski definition) is 0. The van der Waals surface area contributed by atoms with Gasteiger partial charge in [-0.15, -0.1) is 0 Å². The highest BCUT2D eigenvalue weighted by atomic mass is 35.5. The van der Waals surface area contributed by atoms with Crippen LogP contribution in [0.15, 0.2) is 24.3 Å². The topological polar surface area (TPSA) is 59.1 Å². The summed E-state index contributed by atoms with van der Waals surface area (Å²) in [6.45, 7) is 7.25. The number of hydrogen-bond acceptors (Lipinski definition) is 4. The highest BCUT2D eigenvalue weighted by molar-refractivity contribution is 6.30. The molecule has 1 aromatic carbocycles. The van der Waals surface area contributed by atoms with Crippen molar-refractivity contribution in [3.8, 4) is 5.75 Å². The van der Waals surface area contributed by atoms with Crippen LogP contribution >= 0.6 is 11.6 Å². The van der Waals surface area contributed by atoms with Gasteiger partial charge in [0.25, 0.3) is 5.91 Å². The molecule has 0 aromatic heterocycles. The van der Waals surface area contributed by atoms with E-state index in [9.17, 15) is 9.59 Å². The average molecular weight is 395 g/mol. The number of nitrogens with zero attached hydrogens (tertiary/aromatic N) is 2. The number of carbonyl (C=O) groups excluding carboxylic acids is 2. The molecule has 6 nitrogen and oxygen atoms in total. The lowest BCUT2D eigenvalue weighted by molar-refractivity contribution is -0.150. The summed E-state index contributed by atoms with van der Waals surface area (Å²) in [5, 5.41) is 0.624. The van der Waals surface area contributed by atoms with Gasteiger partial charge in [-0.3, -0.25) is 9.59 Å². The second-order valence-electron chi connectivity index (χ2n) is 7.57. The Labute approximate surface area is 165 Å². The van der Waals surface area contributed by atoms with E-state index in [4.69, 9.17) is 21.1 Å². The number of morpholine rings is 1. The Morgan fingerprint density at radius 3 is 2.22 bits per heavy atom.